The predicted molar refractivity (Wildman–Crippen MR) is 114 cm³/mol. The van der Waals surface area contributed by atoms with Crippen LogP contribution >= 0.6 is 11.3 Å². The van der Waals surface area contributed by atoms with Crippen molar-refractivity contribution in [3.63, 3.8) is 0 Å². The zero-order valence-electron chi connectivity index (χ0n) is 17.0. The summed E-state index contributed by atoms with van der Waals surface area (Å²) >= 11 is 0.727. The number of hydrogen-bond acceptors (Lipinski definition) is 7. The quantitative estimate of drug-likeness (QED) is 0.598. The largest absolute Gasteiger partial charge is 0.439 e. The number of nitrogens with one attached hydrogen (secondary N) is 1. The second-order valence-corrected chi connectivity index (χ2v) is 11.2. The summed E-state index contributed by atoms with van der Waals surface area (Å²) in [6.07, 6.45) is 6.86. The first-order chi connectivity index (χ1) is 14.7. The molecule has 2 amide bonds. The van der Waals surface area contributed by atoms with Gasteiger partial charge in [0.2, 0.25) is 0 Å². The number of pyridine rings is 1. The maximum atomic E-state index is 14.3. The van der Waals surface area contributed by atoms with E-state index in [1.54, 1.807) is 0 Å². The Labute approximate surface area is 184 Å². The van der Waals surface area contributed by atoms with Crippen molar-refractivity contribution in [3.05, 3.63) is 39.3 Å². The van der Waals surface area contributed by atoms with Crippen LogP contribution < -0.4 is 5.32 Å². The monoisotopic (exact) mass is 464 g/mol. The summed E-state index contributed by atoms with van der Waals surface area (Å²) in [6, 6.07) is 0.222. The minimum atomic E-state index is -2.27. The highest BCUT2D eigenvalue weighted by Gasteiger charge is 2.51. The van der Waals surface area contributed by atoms with E-state index in [2.05, 4.69) is 9.68 Å². The summed E-state index contributed by atoms with van der Waals surface area (Å²) in [7, 11) is -2.27. The van der Waals surface area contributed by atoms with Gasteiger partial charge in [-0.1, -0.05) is 0 Å². The molecule has 7 nitrogen and oxygen atoms in total. The minimum absolute atomic E-state index is 0.117. The van der Waals surface area contributed by atoms with Crippen LogP contribution in [0.25, 0.3) is 0 Å². The van der Waals surface area contributed by atoms with Crippen molar-refractivity contribution < 1.29 is 23.6 Å². The highest BCUT2D eigenvalue weighted by molar-refractivity contribution is 7.78. The molecule has 1 spiro atoms. The molecule has 2 aromatic heterocycles. The van der Waals surface area contributed by atoms with Crippen LogP contribution in [0.2, 0.25) is 0 Å². The number of carbonyl (C=O) groups is 1. The number of amides is 2. The van der Waals surface area contributed by atoms with E-state index in [0.717, 1.165) is 90.6 Å². The number of fused-ring (bicyclic) bond motifs is 3. The van der Waals surface area contributed by atoms with E-state index in [-0.39, 0.29) is 14.5 Å². The van der Waals surface area contributed by atoms with Crippen molar-refractivity contribution in [1.29, 1.82) is 0 Å². The smallest absolute Gasteiger partial charge is 0.322 e. The maximum absolute atomic E-state index is 14.3. The number of aliphatic hydroxyl groups is 2. The summed E-state index contributed by atoms with van der Waals surface area (Å²) in [6.45, 7) is 0.711. The molecule has 166 valence electrons. The zero-order chi connectivity index (χ0) is 22.0. The molecule has 0 unspecified atom stereocenters. The molecule has 31 heavy (non-hydrogen) atoms. The van der Waals surface area contributed by atoms with Gasteiger partial charge in [0.05, 0.1) is 18.0 Å². The van der Waals surface area contributed by atoms with Crippen molar-refractivity contribution in [2.24, 2.45) is 4.36 Å². The first kappa shape index (κ1) is 21.0. The molecule has 3 aliphatic carbocycles. The molecule has 10 heteroatoms. The van der Waals surface area contributed by atoms with Crippen LogP contribution in [0.15, 0.2) is 14.6 Å². The molecule has 5 rings (SSSR count). The van der Waals surface area contributed by atoms with Crippen LogP contribution in [-0.2, 0) is 45.1 Å². The lowest BCUT2D eigenvalue weighted by Crippen LogP contribution is -2.24. The topological polar surface area (TPSA) is 112 Å². The van der Waals surface area contributed by atoms with E-state index in [1.165, 1.54) is 6.92 Å². The lowest BCUT2D eigenvalue weighted by atomic mass is 10.0. The van der Waals surface area contributed by atoms with Crippen LogP contribution in [0.1, 0.15) is 60.0 Å². The minimum Gasteiger partial charge on any atom is -0.439 e. The maximum Gasteiger partial charge on any atom is 0.322 e. The zero-order valence-corrected chi connectivity index (χ0v) is 18.7. The molecule has 1 fully saturated rings. The van der Waals surface area contributed by atoms with Crippen molar-refractivity contribution >= 4 is 33.7 Å². The number of anilines is 1. The molecular formula is C21H23FN3O4S2-. The molecule has 3 aliphatic rings. The lowest BCUT2D eigenvalue weighted by Gasteiger charge is -2.18. The first-order valence-corrected chi connectivity index (χ1v) is 12.3. The van der Waals surface area contributed by atoms with Gasteiger partial charge in [-0.15, -0.1) is 10.6 Å². The van der Waals surface area contributed by atoms with Gasteiger partial charge in [0.15, 0.2) is 0 Å². The molecular weight excluding hydrogens is 441 g/mol. The highest BCUT2D eigenvalue weighted by atomic mass is 32.2. The number of aromatic nitrogens is 1. The Bertz CT molecular complexity index is 1180. The van der Waals surface area contributed by atoms with Crippen LogP contribution in [-0.4, -0.2) is 27.8 Å². The Balaban J connectivity index is 1.45. The summed E-state index contributed by atoms with van der Waals surface area (Å²) in [5.74, 6) is -0.829. The number of rotatable bonds is 4. The molecule has 1 atom stereocenters. The van der Waals surface area contributed by atoms with Crippen molar-refractivity contribution in [2.45, 2.75) is 67.1 Å². The Morgan fingerprint density at radius 1 is 1.35 bits per heavy atom. The van der Waals surface area contributed by atoms with E-state index in [4.69, 9.17) is 4.98 Å². The molecule has 2 aromatic rings. The number of aliphatic hydroxyl groups excluding tert-OH is 1. The lowest BCUT2D eigenvalue weighted by molar-refractivity contribution is 0.000654. The van der Waals surface area contributed by atoms with Gasteiger partial charge in [-0.25, -0.2) is 9.18 Å². The third-order valence-electron chi connectivity index (χ3n) is 6.58. The van der Waals surface area contributed by atoms with Gasteiger partial charge in [-0.2, -0.15) is 11.3 Å². The number of urea groups is 1. The predicted octanol–water partition coefficient (Wildman–Crippen LogP) is 3.69. The Hall–Kier alpha value is -1.88. The normalized spacial score (nSPS) is 21.0. The number of halogens is 1. The third kappa shape index (κ3) is 3.49. The Kier molecular flexibility index (Phi) is 4.96. The molecule has 3 N–H and O–H groups in total. The second-order valence-electron chi connectivity index (χ2n) is 8.82. The molecule has 1 saturated carbocycles. The van der Waals surface area contributed by atoms with Crippen molar-refractivity contribution in [1.82, 2.24) is 4.98 Å². The van der Waals surface area contributed by atoms with Crippen LogP contribution in [0.3, 0.4) is 0 Å². The number of hydrogen-bond donors (Lipinski definition) is 3. The van der Waals surface area contributed by atoms with E-state index >= 15 is 0 Å². The summed E-state index contributed by atoms with van der Waals surface area (Å²) < 4.78 is 30.2. The molecule has 0 bridgehead atoms. The fraction of sp³-hybridized carbons (Fsp3) is 0.524. The number of thiophene rings is 1. The van der Waals surface area contributed by atoms with Crippen LogP contribution in [0.4, 0.5) is 14.9 Å². The van der Waals surface area contributed by atoms with Crippen LogP contribution in [0.5, 0.6) is 0 Å². The van der Waals surface area contributed by atoms with Crippen molar-refractivity contribution in [3.8, 4) is 0 Å². The highest BCUT2D eigenvalue weighted by Crippen LogP contribution is 2.58. The van der Waals surface area contributed by atoms with Gasteiger partial charge >= 0.3 is 6.03 Å². The van der Waals surface area contributed by atoms with Gasteiger partial charge in [0.25, 0.3) is 0 Å². The number of nitrogens with zero attached hydrogens (tertiary/aromatic N) is 2. The summed E-state index contributed by atoms with van der Waals surface area (Å²) in [5, 5.41) is 22.2. The van der Waals surface area contributed by atoms with Gasteiger partial charge in [-0.3, -0.25) is 4.98 Å². The van der Waals surface area contributed by atoms with Crippen LogP contribution in [0, 0.1) is 5.82 Å². The Morgan fingerprint density at radius 3 is 2.84 bits per heavy atom. The standard InChI is InChI=1S/C21H23FN3O4S2/c1-20(28,10-26)15-9-13(22)18(30-15)31(29)25-19(27)24-16-11-3-2-4-14(11)23-17-12(16)5-6-21(17)7-8-21/h9,26,28H,2-8,10H2,1H3,(H,23,24,27)/q-1/t20-/m1/s1. The van der Waals surface area contributed by atoms with Crippen molar-refractivity contribution in [2.75, 3.05) is 11.9 Å². The fourth-order valence-electron chi connectivity index (χ4n) is 4.64. The second kappa shape index (κ2) is 7.33. The van der Waals surface area contributed by atoms with Gasteiger partial charge in [-0.05, 0) is 73.3 Å². The average molecular weight is 465 g/mol. The number of carbonyl (C=O) groups excluding carboxylic acids is 1. The first-order valence-electron chi connectivity index (χ1n) is 10.4. The summed E-state index contributed by atoms with van der Waals surface area (Å²) in [4.78, 5) is 17.7. The molecule has 0 radical (unpaired) electrons. The van der Waals surface area contributed by atoms with E-state index < -0.39 is 34.7 Å². The van der Waals surface area contributed by atoms with E-state index in [0.29, 0.717) is 0 Å². The molecule has 0 aromatic carbocycles. The van der Waals surface area contributed by atoms with E-state index in [1.807, 2.05) is 0 Å². The fourth-order valence-corrected chi connectivity index (χ4v) is 6.61. The Morgan fingerprint density at radius 2 is 2.13 bits per heavy atom. The molecule has 2 heterocycles. The third-order valence-corrected chi connectivity index (χ3v) is 9.26. The van der Waals surface area contributed by atoms with E-state index in [9.17, 15) is 23.6 Å². The molecule has 0 saturated heterocycles. The number of aryl methyl sites for hydroxylation is 1. The average Bonchev–Trinajstić information content (AvgIpc) is 3.03. The van der Waals surface area contributed by atoms with Gasteiger partial charge < -0.3 is 24.1 Å². The van der Waals surface area contributed by atoms with Gasteiger partial charge in [0.1, 0.15) is 11.4 Å². The summed E-state index contributed by atoms with van der Waals surface area (Å²) in [5.41, 5.74) is 3.50. The molecule has 0 aliphatic heterocycles. The SMILES string of the molecule is C[C@@](O)(CO)c1cc(F)c([S-](=O)=NC(=O)Nc2c3c(nc4c2CCC42CC2)CCC3)s1. The van der Waals surface area contributed by atoms with Gasteiger partial charge in [0, 0.05) is 16.0 Å².